The van der Waals surface area contributed by atoms with Crippen LogP contribution in [0.25, 0.3) is 10.9 Å². The van der Waals surface area contributed by atoms with Gasteiger partial charge in [-0.3, -0.25) is 0 Å². The highest BCUT2D eigenvalue weighted by Crippen LogP contribution is 2.38. The number of amides is 1. The Labute approximate surface area is 192 Å². The molecule has 3 N–H and O–H groups in total. The van der Waals surface area contributed by atoms with Crippen LogP contribution in [0.1, 0.15) is 18.4 Å². The molecular weight excluding hydrogens is 422 g/mol. The maximum atomic E-state index is 11.5. The molecule has 0 aliphatic carbocycles. The van der Waals surface area contributed by atoms with Gasteiger partial charge in [-0.15, -0.1) is 0 Å². The minimum Gasteiger partial charge on any atom is -0.493 e. The van der Waals surface area contributed by atoms with Crippen molar-refractivity contribution in [1.29, 1.82) is 0 Å². The summed E-state index contributed by atoms with van der Waals surface area (Å²) in [6.07, 6.45) is 0.545. The third-order valence-corrected chi connectivity index (χ3v) is 6.48. The highest BCUT2D eigenvalue weighted by Gasteiger charge is 2.39. The van der Waals surface area contributed by atoms with Gasteiger partial charge in [0.05, 0.1) is 19.7 Å². The monoisotopic (exact) mass is 451 g/mol. The van der Waals surface area contributed by atoms with Crippen LogP contribution in [0.3, 0.4) is 0 Å². The van der Waals surface area contributed by atoms with Gasteiger partial charge in [0.15, 0.2) is 11.5 Å². The fourth-order valence-corrected chi connectivity index (χ4v) is 4.62. The lowest BCUT2D eigenvalue weighted by Gasteiger charge is -2.43. The summed E-state index contributed by atoms with van der Waals surface area (Å²) in [5.74, 6) is 1.99. The van der Waals surface area contributed by atoms with Crippen LogP contribution in [-0.4, -0.2) is 67.0 Å². The molecule has 9 heteroatoms. The zero-order chi connectivity index (χ0) is 23.6. The van der Waals surface area contributed by atoms with Crippen LogP contribution in [0.2, 0.25) is 0 Å². The van der Waals surface area contributed by atoms with Gasteiger partial charge in [-0.1, -0.05) is 30.3 Å². The van der Waals surface area contributed by atoms with Gasteiger partial charge in [-0.05, 0) is 24.5 Å². The van der Waals surface area contributed by atoms with Crippen molar-refractivity contribution in [2.75, 3.05) is 51.5 Å². The van der Waals surface area contributed by atoms with E-state index < -0.39 is 6.09 Å². The Morgan fingerprint density at radius 1 is 1.12 bits per heavy atom. The number of likely N-dealkylation sites (N-methyl/N-ethyl adjacent to an activating group) is 1. The molecule has 0 radical (unpaired) electrons. The molecule has 2 aromatic carbocycles. The van der Waals surface area contributed by atoms with Crippen molar-refractivity contribution in [3.8, 4) is 11.5 Å². The van der Waals surface area contributed by atoms with Gasteiger partial charge < -0.3 is 30.1 Å². The normalized spacial score (nSPS) is 15.3. The lowest BCUT2D eigenvalue weighted by Crippen LogP contribution is -2.49. The quantitative estimate of drug-likeness (QED) is 0.586. The van der Waals surface area contributed by atoms with E-state index in [0.717, 1.165) is 0 Å². The highest BCUT2D eigenvalue weighted by molar-refractivity contribution is 5.91. The zero-order valence-electron chi connectivity index (χ0n) is 19.1. The molecule has 0 spiro atoms. The first-order chi connectivity index (χ1) is 15.9. The summed E-state index contributed by atoms with van der Waals surface area (Å²) in [6, 6.07) is 13.8. The molecule has 0 unspecified atom stereocenters. The summed E-state index contributed by atoms with van der Waals surface area (Å²) < 4.78 is 10.8. The van der Waals surface area contributed by atoms with Crippen LogP contribution in [0.15, 0.2) is 42.5 Å². The number of nitrogens with zero attached hydrogens (tertiary/aromatic N) is 4. The molecule has 3 aromatic rings. The van der Waals surface area contributed by atoms with E-state index in [2.05, 4.69) is 17.1 Å². The maximum Gasteiger partial charge on any atom is 0.407 e. The number of carboxylic acid groups (broad SMARTS) is 1. The highest BCUT2D eigenvalue weighted by atomic mass is 16.5. The molecule has 1 amide bonds. The average molecular weight is 452 g/mol. The average Bonchev–Trinajstić information content (AvgIpc) is 2.84. The number of anilines is 2. The summed E-state index contributed by atoms with van der Waals surface area (Å²) in [5.41, 5.74) is 7.91. The van der Waals surface area contributed by atoms with Crippen molar-refractivity contribution in [3.05, 3.63) is 48.0 Å². The van der Waals surface area contributed by atoms with Gasteiger partial charge in [0.2, 0.25) is 5.95 Å². The van der Waals surface area contributed by atoms with Crippen LogP contribution < -0.4 is 20.1 Å². The van der Waals surface area contributed by atoms with E-state index in [1.807, 2.05) is 30.1 Å². The standard InChI is InChI=1S/C24H29N5O4/c1-28(22-26-18-14-20(33-3)19(32-2)13-17(18)21(25)27-22)15-24(16-7-5-4-6-8-16)9-11-29(12-10-24)23(30)31/h4-8,13-14H,9-12,15H2,1-3H3,(H,30,31)(H2,25,26,27). The number of carbonyl (C=O) groups is 1. The summed E-state index contributed by atoms with van der Waals surface area (Å²) in [5, 5.41) is 10.1. The molecule has 9 nitrogen and oxygen atoms in total. The number of nitrogen functional groups attached to an aromatic ring is 1. The lowest BCUT2D eigenvalue weighted by molar-refractivity contribution is 0.117. The Kier molecular flexibility index (Phi) is 6.13. The first kappa shape index (κ1) is 22.4. The van der Waals surface area contributed by atoms with Crippen LogP contribution in [0.5, 0.6) is 11.5 Å². The molecule has 0 saturated carbocycles. The van der Waals surface area contributed by atoms with Crippen LogP contribution >= 0.6 is 0 Å². The third-order valence-electron chi connectivity index (χ3n) is 6.48. The fraction of sp³-hybridized carbons (Fsp3) is 0.375. The fourth-order valence-electron chi connectivity index (χ4n) is 4.62. The molecular formula is C24H29N5O4. The SMILES string of the molecule is COc1cc2nc(N(C)CC3(c4ccccc4)CCN(C(=O)O)CC3)nc(N)c2cc1OC. The van der Waals surface area contributed by atoms with E-state index in [4.69, 9.17) is 20.2 Å². The lowest BCUT2D eigenvalue weighted by atomic mass is 9.72. The third kappa shape index (κ3) is 4.30. The van der Waals surface area contributed by atoms with E-state index in [0.29, 0.717) is 66.6 Å². The molecule has 1 aliphatic heterocycles. The molecule has 1 aromatic heterocycles. The Bertz CT molecular complexity index is 1150. The number of piperidine rings is 1. The second kappa shape index (κ2) is 9.01. The number of methoxy groups -OCH3 is 2. The number of hydrogen-bond donors (Lipinski definition) is 2. The summed E-state index contributed by atoms with van der Waals surface area (Å²) in [4.78, 5) is 24.2. The number of aromatic nitrogens is 2. The minimum atomic E-state index is -0.875. The van der Waals surface area contributed by atoms with Gasteiger partial charge >= 0.3 is 6.09 Å². The van der Waals surface area contributed by atoms with Crippen molar-refractivity contribution < 1.29 is 19.4 Å². The summed E-state index contributed by atoms with van der Waals surface area (Å²) in [6.45, 7) is 1.59. The maximum absolute atomic E-state index is 11.5. The van der Waals surface area contributed by atoms with E-state index >= 15 is 0 Å². The Balaban J connectivity index is 1.68. The first-order valence-electron chi connectivity index (χ1n) is 10.8. The molecule has 2 heterocycles. The van der Waals surface area contributed by atoms with Crippen molar-refractivity contribution >= 4 is 28.8 Å². The van der Waals surface area contributed by atoms with Gasteiger partial charge in [0, 0.05) is 43.5 Å². The van der Waals surface area contributed by atoms with Gasteiger partial charge in [0.1, 0.15) is 5.82 Å². The van der Waals surface area contributed by atoms with Crippen molar-refractivity contribution in [2.24, 2.45) is 0 Å². The predicted molar refractivity (Wildman–Crippen MR) is 127 cm³/mol. The number of hydrogen-bond acceptors (Lipinski definition) is 7. The Hall–Kier alpha value is -3.75. The van der Waals surface area contributed by atoms with Crippen LogP contribution in [-0.2, 0) is 5.41 Å². The first-order valence-corrected chi connectivity index (χ1v) is 10.8. The van der Waals surface area contributed by atoms with E-state index in [9.17, 15) is 9.90 Å². The van der Waals surface area contributed by atoms with Crippen LogP contribution in [0, 0.1) is 0 Å². The molecule has 0 atom stereocenters. The second-order valence-electron chi connectivity index (χ2n) is 8.41. The molecule has 33 heavy (non-hydrogen) atoms. The zero-order valence-corrected chi connectivity index (χ0v) is 19.1. The van der Waals surface area contributed by atoms with E-state index in [-0.39, 0.29) is 5.41 Å². The molecule has 1 fully saturated rings. The minimum absolute atomic E-state index is 0.230. The summed E-state index contributed by atoms with van der Waals surface area (Å²) >= 11 is 0. The second-order valence-corrected chi connectivity index (χ2v) is 8.41. The molecule has 1 aliphatic rings. The number of ether oxygens (including phenoxy) is 2. The number of benzene rings is 2. The van der Waals surface area contributed by atoms with Crippen molar-refractivity contribution in [3.63, 3.8) is 0 Å². The predicted octanol–water partition coefficient (Wildman–Crippen LogP) is 3.38. The topological polar surface area (TPSA) is 114 Å². The smallest absolute Gasteiger partial charge is 0.407 e. The van der Waals surface area contributed by atoms with Crippen molar-refractivity contribution in [2.45, 2.75) is 18.3 Å². The van der Waals surface area contributed by atoms with Gasteiger partial charge in [-0.2, -0.15) is 4.98 Å². The number of nitrogens with two attached hydrogens (primary N) is 1. The molecule has 4 rings (SSSR count). The van der Waals surface area contributed by atoms with Crippen molar-refractivity contribution in [1.82, 2.24) is 14.9 Å². The summed E-state index contributed by atoms with van der Waals surface area (Å²) in [7, 11) is 5.09. The molecule has 1 saturated heterocycles. The largest absolute Gasteiger partial charge is 0.493 e. The number of likely N-dealkylation sites (tertiary alicyclic amines) is 1. The molecule has 174 valence electrons. The van der Waals surface area contributed by atoms with E-state index in [1.165, 1.54) is 10.5 Å². The van der Waals surface area contributed by atoms with Gasteiger partial charge in [-0.25, -0.2) is 9.78 Å². The van der Waals surface area contributed by atoms with E-state index in [1.54, 1.807) is 26.4 Å². The molecule has 0 bridgehead atoms. The van der Waals surface area contributed by atoms with Crippen LogP contribution in [0.4, 0.5) is 16.6 Å². The number of rotatable bonds is 6. The van der Waals surface area contributed by atoms with Gasteiger partial charge in [0.25, 0.3) is 0 Å². The Morgan fingerprint density at radius 3 is 2.36 bits per heavy atom. The number of fused-ring (bicyclic) bond motifs is 1. The Morgan fingerprint density at radius 2 is 1.76 bits per heavy atom.